The van der Waals surface area contributed by atoms with Crippen molar-refractivity contribution in [3.63, 3.8) is 0 Å². The Kier molecular flexibility index (Phi) is 6.13. The number of rotatable bonds is 8. The second-order valence-electron chi connectivity index (χ2n) is 9.53. The maximum atomic E-state index is 12.5. The minimum Gasteiger partial charge on any atom is -0.369 e. The zero-order chi connectivity index (χ0) is 22.1. The average molecular weight is 449 g/mol. The zero-order valence-electron chi connectivity index (χ0n) is 18.9. The van der Waals surface area contributed by atoms with E-state index in [1.165, 1.54) is 41.7 Å². The Hall–Kier alpha value is -2.47. The van der Waals surface area contributed by atoms with Crippen molar-refractivity contribution in [3.8, 4) is 11.1 Å². The summed E-state index contributed by atoms with van der Waals surface area (Å²) in [5, 5.41) is 7.83. The monoisotopic (exact) mass is 448 g/mol. The number of thiophene rings is 1. The van der Waals surface area contributed by atoms with E-state index >= 15 is 0 Å². The summed E-state index contributed by atoms with van der Waals surface area (Å²) in [6.45, 7) is 5.05. The summed E-state index contributed by atoms with van der Waals surface area (Å²) >= 11 is 1.70. The molecule has 2 saturated carbocycles. The number of nitrogens with one attached hydrogen (secondary N) is 2. The first-order valence-corrected chi connectivity index (χ1v) is 12.7. The molecule has 2 bridgehead atoms. The quantitative estimate of drug-likeness (QED) is 0.427. The van der Waals surface area contributed by atoms with Crippen LogP contribution in [0.5, 0.6) is 0 Å². The minimum absolute atomic E-state index is 0.172. The van der Waals surface area contributed by atoms with Gasteiger partial charge in [0.25, 0.3) is 0 Å². The fourth-order valence-corrected chi connectivity index (χ4v) is 6.94. The topological polar surface area (TPSA) is 66.9 Å². The Balaban J connectivity index is 1.18. The molecule has 1 amide bonds. The summed E-state index contributed by atoms with van der Waals surface area (Å²) in [4.78, 5) is 23.8. The van der Waals surface area contributed by atoms with E-state index in [9.17, 15) is 4.79 Å². The van der Waals surface area contributed by atoms with Crippen molar-refractivity contribution in [2.75, 3.05) is 11.9 Å². The number of nitrogens with zero attached hydrogens (tertiary/aromatic N) is 2. The van der Waals surface area contributed by atoms with E-state index in [0.717, 1.165) is 34.3 Å². The lowest BCUT2D eigenvalue weighted by molar-refractivity contribution is -0.122. The summed E-state index contributed by atoms with van der Waals surface area (Å²) in [5.74, 6) is 3.47. The number of hydrogen-bond acceptors (Lipinski definition) is 5. The van der Waals surface area contributed by atoms with Crippen LogP contribution in [-0.4, -0.2) is 28.5 Å². The first-order chi connectivity index (χ1) is 15.6. The van der Waals surface area contributed by atoms with Crippen LogP contribution in [0.2, 0.25) is 0 Å². The van der Waals surface area contributed by atoms with Crippen LogP contribution in [0.4, 0.5) is 5.82 Å². The molecule has 2 N–H and O–H groups in total. The van der Waals surface area contributed by atoms with Crippen molar-refractivity contribution in [1.29, 1.82) is 0 Å². The lowest BCUT2D eigenvalue weighted by Gasteiger charge is -2.28. The number of benzene rings is 1. The van der Waals surface area contributed by atoms with Gasteiger partial charge in [0, 0.05) is 29.4 Å². The largest absolute Gasteiger partial charge is 0.369 e. The van der Waals surface area contributed by atoms with Crippen molar-refractivity contribution >= 4 is 33.3 Å². The van der Waals surface area contributed by atoms with Crippen molar-refractivity contribution in [1.82, 2.24) is 15.3 Å². The van der Waals surface area contributed by atoms with E-state index in [0.29, 0.717) is 24.9 Å². The van der Waals surface area contributed by atoms with Gasteiger partial charge in [0.15, 0.2) is 0 Å². The van der Waals surface area contributed by atoms with Gasteiger partial charge in [-0.05, 0) is 62.8 Å². The van der Waals surface area contributed by atoms with Gasteiger partial charge in [0.1, 0.15) is 17.0 Å². The van der Waals surface area contributed by atoms with Crippen LogP contribution in [0.3, 0.4) is 0 Å². The van der Waals surface area contributed by atoms with Crippen LogP contribution in [0.1, 0.15) is 50.3 Å². The molecule has 3 aromatic rings. The Morgan fingerprint density at radius 2 is 2.03 bits per heavy atom. The SMILES string of the molecule is Cc1sc2ncnc(NCCCC(=O)NC(C)C3CC4CCC3C4)c2c1-c1ccccc1. The fraction of sp³-hybridized carbons (Fsp3) is 0.500. The summed E-state index contributed by atoms with van der Waals surface area (Å²) in [6, 6.07) is 10.7. The van der Waals surface area contributed by atoms with Gasteiger partial charge in [-0.2, -0.15) is 0 Å². The molecule has 0 aliphatic heterocycles. The molecule has 32 heavy (non-hydrogen) atoms. The van der Waals surface area contributed by atoms with Gasteiger partial charge < -0.3 is 10.6 Å². The number of anilines is 1. The smallest absolute Gasteiger partial charge is 0.220 e. The second kappa shape index (κ2) is 9.18. The van der Waals surface area contributed by atoms with Crippen molar-refractivity contribution in [2.24, 2.45) is 17.8 Å². The molecule has 5 rings (SSSR count). The average Bonchev–Trinajstić information content (AvgIpc) is 3.51. The van der Waals surface area contributed by atoms with E-state index in [1.807, 2.05) is 6.07 Å². The van der Waals surface area contributed by atoms with Gasteiger partial charge in [-0.3, -0.25) is 4.79 Å². The standard InChI is InChI=1S/C26H32N4OS/c1-16(21-14-18-10-11-20(21)13-18)30-22(31)9-6-12-27-25-24-23(19-7-4-3-5-8-19)17(2)32-26(24)29-15-28-25/h3-5,7-8,15-16,18,20-21H,6,9-14H2,1-2H3,(H,30,31)(H,27,28,29). The van der Waals surface area contributed by atoms with Crippen molar-refractivity contribution in [3.05, 3.63) is 41.5 Å². The maximum absolute atomic E-state index is 12.5. The van der Waals surface area contributed by atoms with Crippen LogP contribution < -0.4 is 10.6 Å². The molecule has 0 radical (unpaired) electrons. The first-order valence-electron chi connectivity index (χ1n) is 11.9. The number of carbonyl (C=O) groups is 1. The summed E-state index contributed by atoms with van der Waals surface area (Å²) in [6.07, 6.45) is 8.40. The molecule has 2 heterocycles. The predicted octanol–water partition coefficient (Wildman–Crippen LogP) is 5.80. The molecule has 0 spiro atoms. The first kappa shape index (κ1) is 21.4. The highest BCUT2D eigenvalue weighted by Gasteiger charge is 2.42. The highest BCUT2D eigenvalue weighted by molar-refractivity contribution is 7.19. The van der Waals surface area contributed by atoms with Gasteiger partial charge in [0.2, 0.25) is 5.91 Å². The number of aromatic nitrogens is 2. The Morgan fingerprint density at radius 3 is 2.78 bits per heavy atom. The Morgan fingerprint density at radius 1 is 1.19 bits per heavy atom. The van der Waals surface area contributed by atoms with Gasteiger partial charge in [-0.15, -0.1) is 11.3 Å². The molecule has 168 valence electrons. The predicted molar refractivity (Wildman–Crippen MR) is 132 cm³/mol. The number of amides is 1. The summed E-state index contributed by atoms with van der Waals surface area (Å²) < 4.78 is 0. The molecule has 1 aromatic carbocycles. The molecular weight excluding hydrogens is 416 g/mol. The van der Waals surface area contributed by atoms with E-state index in [2.05, 4.69) is 58.7 Å². The highest BCUT2D eigenvalue weighted by Crippen LogP contribution is 2.49. The molecule has 2 aliphatic rings. The van der Waals surface area contributed by atoms with Crippen LogP contribution in [-0.2, 0) is 4.79 Å². The van der Waals surface area contributed by atoms with E-state index in [-0.39, 0.29) is 5.91 Å². The van der Waals surface area contributed by atoms with Crippen LogP contribution >= 0.6 is 11.3 Å². The van der Waals surface area contributed by atoms with Crippen molar-refractivity contribution in [2.45, 2.75) is 58.4 Å². The normalized spacial score (nSPS) is 22.9. The van der Waals surface area contributed by atoms with E-state index in [1.54, 1.807) is 17.7 Å². The summed E-state index contributed by atoms with van der Waals surface area (Å²) in [5.41, 5.74) is 2.38. The number of hydrogen-bond donors (Lipinski definition) is 2. The lowest BCUT2D eigenvalue weighted by Crippen LogP contribution is -2.40. The van der Waals surface area contributed by atoms with Crippen LogP contribution in [0.15, 0.2) is 36.7 Å². The molecule has 2 aromatic heterocycles. The number of carbonyl (C=O) groups excluding carboxylic acids is 1. The van der Waals surface area contributed by atoms with Gasteiger partial charge >= 0.3 is 0 Å². The van der Waals surface area contributed by atoms with Gasteiger partial charge in [-0.25, -0.2) is 9.97 Å². The Bertz CT molecular complexity index is 1100. The van der Waals surface area contributed by atoms with E-state index < -0.39 is 0 Å². The lowest BCUT2D eigenvalue weighted by atomic mass is 9.84. The molecular formula is C26H32N4OS. The minimum atomic E-state index is 0.172. The molecule has 5 nitrogen and oxygen atoms in total. The third-order valence-corrected chi connectivity index (χ3v) is 8.44. The Labute approximate surface area is 194 Å². The second-order valence-corrected chi connectivity index (χ2v) is 10.7. The number of fused-ring (bicyclic) bond motifs is 3. The fourth-order valence-electron chi connectivity index (χ4n) is 5.93. The van der Waals surface area contributed by atoms with Crippen molar-refractivity contribution < 1.29 is 4.79 Å². The van der Waals surface area contributed by atoms with Crippen LogP contribution in [0, 0.1) is 24.7 Å². The third kappa shape index (κ3) is 4.25. The molecule has 0 saturated heterocycles. The molecule has 4 unspecified atom stereocenters. The molecule has 6 heteroatoms. The van der Waals surface area contributed by atoms with Gasteiger partial charge in [-0.1, -0.05) is 36.8 Å². The molecule has 2 fully saturated rings. The maximum Gasteiger partial charge on any atom is 0.220 e. The van der Waals surface area contributed by atoms with E-state index in [4.69, 9.17) is 0 Å². The zero-order valence-corrected chi connectivity index (χ0v) is 19.8. The third-order valence-electron chi connectivity index (χ3n) is 7.42. The number of aryl methyl sites for hydroxylation is 1. The van der Waals surface area contributed by atoms with Crippen LogP contribution in [0.25, 0.3) is 21.3 Å². The molecule has 4 atom stereocenters. The van der Waals surface area contributed by atoms with Gasteiger partial charge in [0.05, 0.1) is 5.39 Å². The highest BCUT2D eigenvalue weighted by atomic mass is 32.1. The molecule has 2 aliphatic carbocycles. The summed E-state index contributed by atoms with van der Waals surface area (Å²) in [7, 11) is 0.